The number of benzene rings is 21. The third kappa shape index (κ3) is 12.0. The molecule has 646 valence electrons. The van der Waals surface area contributed by atoms with E-state index in [1.54, 1.807) is 24.3 Å². The van der Waals surface area contributed by atoms with E-state index in [4.69, 9.17) is 9.47 Å². The molecular formula is C130H85B3N4O2. The predicted octanol–water partition coefficient (Wildman–Crippen LogP) is 27.8. The Kier molecular flexibility index (Phi) is 14.2. The smallest absolute Gasteiger partial charge is 0.261 e. The minimum Gasteiger partial charge on any atom is -0.459 e. The van der Waals surface area contributed by atoms with Gasteiger partial charge in [-0.3, -0.25) is 0 Å². The SMILES string of the molecule is [2H]c1c([2H])c(-c2ccccc2)c([2H])c2c1Oc1c3c(cc4c1B2c1c([2H])c(-c2ccccc2)c([2H])c2c5c([2H])c(-c6ccccc6)c([2H])c([2H])c5n-4c12)N(c1c(-c2ccccc2)cccc1-c1ccccc1)c1cc(C(C)(C)C)cc2c1B3c1c(cc3c4c1Oc1c([2H])c([2H])c(-c5ccccc5)c([2H])c1B4c1c([2H])c(-c4ccccc4)c([2H])c4c5c([2H])c(-c6ccccc6)c([2H])c([2H])c5n-3c14)N2c1c(-c2ccccc2)cccc1-c1ccccc1. The van der Waals surface area contributed by atoms with Crippen molar-refractivity contribution in [1.82, 2.24) is 9.13 Å². The third-order valence-electron chi connectivity index (χ3n) is 28.9. The van der Waals surface area contributed by atoms with Crippen LogP contribution in [-0.2, 0) is 5.41 Å². The summed E-state index contributed by atoms with van der Waals surface area (Å²) in [7, 11) is 0. The summed E-state index contributed by atoms with van der Waals surface area (Å²) in [5.41, 5.74) is 16.9. The van der Waals surface area contributed by atoms with Crippen LogP contribution in [0.1, 0.15) is 48.3 Å². The van der Waals surface area contributed by atoms with Gasteiger partial charge in [-0.2, -0.15) is 0 Å². The van der Waals surface area contributed by atoms with Crippen LogP contribution < -0.4 is 68.4 Å². The molecule has 0 fully saturated rings. The monoisotopic (exact) mass is 1780 g/mol. The number of fused-ring (bicyclic) bond motifs is 20. The van der Waals surface area contributed by atoms with Crippen LogP contribution in [0.2, 0.25) is 0 Å². The van der Waals surface area contributed by atoms with Gasteiger partial charge in [0, 0.05) is 89.0 Å². The van der Waals surface area contributed by atoms with E-state index in [0.717, 1.165) is 50.1 Å². The van der Waals surface area contributed by atoms with Gasteiger partial charge in [0.15, 0.2) is 0 Å². The summed E-state index contributed by atoms with van der Waals surface area (Å²) in [4.78, 5) is 4.63. The van der Waals surface area contributed by atoms with Crippen LogP contribution in [0.3, 0.4) is 0 Å². The van der Waals surface area contributed by atoms with Crippen LogP contribution in [0.25, 0.3) is 166 Å². The van der Waals surface area contributed by atoms with Crippen molar-refractivity contribution in [1.29, 1.82) is 0 Å². The Morgan fingerprint density at radius 1 is 0.230 bits per heavy atom. The summed E-state index contributed by atoms with van der Waals surface area (Å²) in [6, 6.07) is 113. The fraction of sp³-hybridized carbons (Fsp3) is 0.0308. The van der Waals surface area contributed by atoms with Crippen molar-refractivity contribution in [2.24, 2.45) is 0 Å². The van der Waals surface area contributed by atoms with Gasteiger partial charge in [-0.15, -0.1) is 0 Å². The quantitative estimate of drug-likeness (QED) is 0.114. The molecule has 29 rings (SSSR count). The largest absolute Gasteiger partial charge is 0.459 e. The molecule has 6 nitrogen and oxygen atoms in total. The molecule has 0 saturated heterocycles. The van der Waals surface area contributed by atoms with Crippen molar-refractivity contribution in [3.05, 3.63) is 466 Å². The summed E-state index contributed by atoms with van der Waals surface area (Å²) in [6.45, 7) is 2.33. The van der Waals surface area contributed by atoms with Crippen molar-refractivity contribution < 1.29 is 31.4 Å². The maximum absolute atomic E-state index is 11.7. The molecule has 6 aliphatic heterocycles. The first-order valence-corrected chi connectivity index (χ1v) is 47.3. The summed E-state index contributed by atoms with van der Waals surface area (Å²) < 4.78 is 199. The van der Waals surface area contributed by atoms with Crippen LogP contribution in [0, 0.1) is 0 Å². The highest BCUT2D eigenvalue weighted by atomic mass is 16.5. The highest BCUT2D eigenvalue weighted by Crippen LogP contribution is 2.58. The van der Waals surface area contributed by atoms with Crippen LogP contribution >= 0.6 is 0 Å². The van der Waals surface area contributed by atoms with Crippen molar-refractivity contribution in [3.8, 4) is 146 Å². The fourth-order valence-corrected chi connectivity index (χ4v) is 22.8. The molecule has 0 aliphatic carbocycles. The minimum atomic E-state index is -1.43. The highest BCUT2D eigenvalue weighted by molar-refractivity contribution is 7.05. The molecule has 0 amide bonds. The van der Waals surface area contributed by atoms with Gasteiger partial charge in [0.25, 0.3) is 20.1 Å². The average Bonchev–Trinajstić information content (AvgIpc) is 1.61. The Balaban J connectivity index is 0.886. The first-order valence-electron chi connectivity index (χ1n) is 55.3. The molecule has 139 heavy (non-hydrogen) atoms. The molecule has 9 heteroatoms. The van der Waals surface area contributed by atoms with E-state index in [1.165, 1.54) is 0 Å². The molecule has 0 bridgehead atoms. The number of hydrogen-bond acceptors (Lipinski definition) is 4. The molecule has 0 atom stereocenters. The van der Waals surface area contributed by atoms with E-state index < -0.39 is 37.6 Å². The Bertz CT molecular complexity index is 9460. The van der Waals surface area contributed by atoms with Crippen LogP contribution in [0.5, 0.6) is 23.0 Å². The number of aromatic nitrogens is 2. The van der Waals surface area contributed by atoms with E-state index in [0.29, 0.717) is 106 Å². The molecule has 0 radical (unpaired) electrons. The lowest BCUT2D eigenvalue weighted by Gasteiger charge is -2.49. The van der Waals surface area contributed by atoms with Crippen LogP contribution in [0.15, 0.2) is 461 Å². The molecule has 21 aromatic carbocycles. The molecule has 2 aromatic heterocycles. The lowest BCUT2D eigenvalue weighted by molar-refractivity contribution is 0.490. The number of hydrogen-bond donors (Lipinski definition) is 0. The molecule has 0 saturated carbocycles. The van der Waals surface area contributed by atoms with Gasteiger partial charge in [0.1, 0.15) is 23.0 Å². The third-order valence-corrected chi connectivity index (χ3v) is 28.9. The second kappa shape index (κ2) is 30.6. The standard InChI is InChI=1S/C130H85B3N4O2/c1-130(2,3)96-76-111-119-112(77-96)137(125-99(88-52-30-12-31-53-88)58-35-59-100(125)89-54-32-13-33-55-89)116-79-114-121-129(139-118-67-63-93(83-42-20-7-21-43-83)73-106(118)132(121)108-75-95(85-46-24-9-25-47-85)71-104-102-69-91(81-38-16-5-17-39-81)61-65-110(102)135(114)127(104)108)123(116)133(119)122-115(136(111)124-97(86-48-26-10-27-49-86)56-34-57-98(124)87-50-28-11-29-51-87)78-113-120-128(122)138-117-66-62-92(82-40-18-6-19-41-82)72-105(117)131(120)107-74-94(84-44-22-8-23-45-84)70-103-101-68-90(80-36-14-4-15-37-80)60-64-109(101)134(113)126(103)107/h4-79H,1-3H3/i60D,61D,62D,63D,64D,65D,66D,67D,68D,69D,70D,71D,72D,73D,74D,75D. The highest BCUT2D eigenvalue weighted by Gasteiger charge is 2.55. The second-order valence-corrected chi connectivity index (χ2v) is 37.7. The lowest BCUT2D eigenvalue weighted by atomic mass is 9.28. The fourth-order valence-electron chi connectivity index (χ4n) is 22.8. The van der Waals surface area contributed by atoms with Crippen molar-refractivity contribution >= 4 is 147 Å². The van der Waals surface area contributed by atoms with Gasteiger partial charge < -0.3 is 28.4 Å². The zero-order valence-corrected chi connectivity index (χ0v) is 75.5. The Morgan fingerprint density at radius 2 is 0.496 bits per heavy atom. The van der Waals surface area contributed by atoms with Crippen molar-refractivity contribution in [2.75, 3.05) is 9.80 Å². The van der Waals surface area contributed by atoms with Gasteiger partial charge in [-0.05, 0) is 222 Å². The Hall–Kier alpha value is -17.4. The topological polar surface area (TPSA) is 34.8 Å². The van der Waals surface area contributed by atoms with Gasteiger partial charge in [-0.1, -0.05) is 409 Å². The molecule has 0 unspecified atom stereocenters. The summed E-state index contributed by atoms with van der Waals surface area (Å²) >= 11 is 0. The van der Waals surface area contributed by atoms with E-state index >= 15 is 0 Å². The number of para-hydroxylation sites is 2. The summed E-state index contributed by atoms with van der Waals surface area (Å²) in [5.74, 6) is -0.269. The second-order valence-electron chi connectivity index (χ2n) is 37.7. The molecular weight excluding hydrogens is 1680 g/mol. The average molecular weight is 1780 g/mol. The Labute approximate surface area is 830 Å². The molecule has 0 spiro atoms. The van der Waals surface area contributed by atoms with E-state index in [-0.39, 0.29) is 206 Å². The van der Waals surface area contributed by atoms with E-state index in [1.807, 2.05) is 240 Å². The van der Waals surface area contributed by atoms with Crippen LogP contribution in [-0.4, -0.2) is 29.3 Å². The lowest BCUT2D eigenvalue weighted by Crippen LogP contribution is -2.67. The first kappa shape index (κ1) is 64.5. The maximum atomic E-state index is 11.7. The normalized spacial score (nSPS) is 14.7. The maximum Gasteiger partial charge on any atom is 0.261 e. The predicted molar refractivity (Wildman–Crippen MR) is 585 cm³/mol. The number of rotatable bonds is 12. The van der Waals surface area contributed by atoms with Crippen LogP contribution in [0.4, 0.5) is 34.1 Å². The van der Waals surface area contributed by atoms with Gasteiger partial charge in [-0.25, -0.2) is 0 Å². The van der Waals surface area contributed by atoms with Gasteiger partial charge in [0.05, 0.1) is 44.3 Å². The number of anilines is 6. The summed E-state index contributed by atoms with van der Waals surface area (Å²) in [5, 5.41) is 0.652. The Morgan fingerprint density at radius 3 is 0.813 bits per heavy atom. The molecule has 23 aromatic rings. The minimum absolute atomic E-state index is 0.0630. The summed E-state index contributed by atoms with van der Waals surface area (Å²) in [6.07, 6.45) is 0. The molecule has 0 N–H and O–H groups in total. The number of ether oxygens (including phenoxy) is 2. The zero-order valence-electron chi connectivity index (χ0n) is 91.5. The van der Waals surface area contributed by atoms with Gasteiger partial charge >= 0.3 is 0 Å². The van der Waals surface area contributed by atoms with Crippen molar-refractivity contribution in [3.63, 3.8) is 0 Å². The van der Waals surface area contributed by atoms with E-state index in [2.05, 4.69) is 140 Å². The number of nitrogens with zero attached hydrogens (tertiary/aromatic N) is 4. The molecule has 6 aliphatic rings. The molecule has 8 heterocycles. The first-order chi connectivity index (χ1) is 75.4. The zero-order chi connectivity index (χ0) is 105. The van der Waals surface area contributed by atoms with Gasteiger partial charge in [0.2, 0.25) is 0 Å². The van der Waals surface area contributed by atoms with E-state index in [9.17, 15) is 21.9 Å². The van der Waals surface area contributed by atoms with Crippen molar-refractivity contribution in [2.45, 2.75) is 26.2 Å².